The highest BCUT2D eigenvalue weighted by Gasteiger charge is 2.22. The van der Waals surface area contributed by atoms with Crippen LogP contribution in [-0.2, 0) is 19.4 Å². The first-order chi connectivity index (χ1) is 15.6. The molecule has 0 atom stereocenters. The summed E-state index contributed by atoms with van der Waals surface area (Å²) in [6.45, 7) is 2.61. The van der Waals surface area contributed by atoms with Crippen LogP contribution in [0.3, 0.4) is 0 Å². The maximum atomic E-state index is 11.9. The van der Waals surface area contributed by atoms with Gasteiger partial charge >= 0.3 is 0 Å². The molecule has 1 aromatic carbocycles. The average molecular weight is 427 g/mol. The lowest BCUT2D eigenvalue weighted by Crippen LogP contribution is -2.16. The Hall–Kier alpha value is -3.74. The van der Waals surface area contributed by atoms with Crippen LogP contribution in [0.4, 0.5) is 5.82 Å². The summed E-state index contributed by atoms with van der Waals surface area (Å²) in [5, 5.41) is 8.14. The molecule has 1 amide bonds. The second kappa shape index (κ2) is 8.42. The molecule has 1 aliphatic carbocycles. The largest absolute Gasteiger partial charge is 0.366 e. The van der Waals surface area contributed by atoms with Gasteiger partial charge in [-0.2, -0.15) is 5.10 Å². The topological polar surface area (TPSA) is 98.2 Å². The molecule has 1 aliphatic rings. The number of carbonyl (C=O) groups is 1. The second-order valence-electron chi connectivity index (χ2n) is 8.25. The van der Waals surface area contributed by atoms with Gasteiger partial charge in [-0.1, -0.05) is 42.8 Å². The molecule has 3 aromatic heterocycles. The number of aromatic nitrogens is 4. The molecule has 5 rings (SSSR count). The first kappa shape index (κ1) is 20.2. The van der Waals surface area contributed by atoms with E-state index in [4.69, 9.17) is 15.7 Å². The number of nitrogens with one attached hydrogen (secondary N) is 1. The quantitative estimate of drug-likeness (QED) is 0.469. The van der Waals surface area contributed by atoms with Gasteiger partial charge in [0.1, 0.15) is 11.5 Å². The summed E-state index contributed by atoms with van der Waals surface area (Å²) in [5.74, 6) is 1.01. The van der Waals surface area contributed by atoms with E-state index in [-0.39, 0.29) is 0 Å². The standard InChI is InChI=1S/C25H26N6O/c1-16-22(20-13-8-14-21(23(26)32)31(20)30-16)25-28-19-12-7-3-6-11-18(19)24(29-25)27-15-17-9-4-2-5-10-17/h2,4-5,8-10,13-14H,3,6-7,11-12,15H2,1H3,(H2,26,32)(H,27,28,29). The smallest absolute Gasteiger partial charge is 0.267 e. The van der Waals surface area contributed by atoms with E-state index in [1.54, 1.807) is 10.6 Å². The maximum Gasteiger partial charge on any atom is 0.267 e. The van der Waals surface area contributed by atoms with Crippen molar-refractivity contribution in [1.82, 2.24) is 19.6 Å². The van der Waals surface area contributed by atoms with E-state index in [0.717, 1.165) is 54.0 Å². The molecule has 7 nitrogen and oxygen atoms in total. The molecule has 7 heteroatoms. The number of pyridine rings is 1. The molecular formula is C25H26N6O. The van der Waals surface area contributed by atoms with Gasteiger partial charge in [0.2, 0.25) is 0 Å². The lowest BCUT2D eigenvalue weighted by Gasteiger charge is -2.15. The summed E-state index contributed by atoms with van der Waals surface area (Å²) in [6.07, 6.45) is 5.39. The molecular weight excluding hydrogens is 400 g/mol. The minimum atomic E-state index is -0.516. The number of aryl methyl sites for hydroxylation is 2. The number of nitrogens with zero attached hydrogens (tertiary/aromatic N) is 4. The van der Waals surface area contributed by atoms with Gasteiger partial charge in [-0.15, -0.1) is 0 Å². The average Bonchev–Trinajstić information content (AvgIpc) is 2.96. The third-order valence-electron chi connectivity index (χ3n) is 6.04. The number of hydrogen-bond acceptors (Lipinski definition) is 5. The number of nitrogens with two attached hydrogens (primary N) is 1. The molecule has 0 unspecified atom stereocenters. The van der Waals surface area contributed by atoms with Gasteiger partial charge in [0.25, 0.3) is 5.91 Å². The molecule has 0 bridgehead atoms. The van der Waals surface area contributed by atoms with Crippen molar-refractivity contribution in [3.05, 3.63) is 76.7 Å². The van der Waals surface area contributed by atoms with E-state index in [1.807, 2.05) is 37.3 Å². The number of rotatable bonds is 5. The first-order valence-electron chi connectivity index (χ1n) is 11.1. The van der Waals surface area contributed by atoms with Crippen molar-refractivity contribution < 1.29 is 4.79 Å². The Bertz CT molecular complexity index is 1300. The van der Waals surface area contributed by atoms with Crippen LogP contribution in [0.15, 0.2) is 48.5 Å². The first-order valence-corrected chi connectivity index (χ1v) is 11.1. The van der Waals surface area contributed by atoms with E-state index in [2.05, 4.69) is 22.5 Å². The number of primary amides is 1. The van der Waals surface area contributed by atoms with Crippen molar-refractivity contribution in [3.63, 3.8) is 0 Å². The molecule has 0 saturated carbocycles. The summed E-state index contributed by atoms with van der Waals surface area (Å²) in [4.78, 5) is 21.9. The predicted octanol–water partition coefficient (Wildman–Crippen LogP) is 4.08. The van der Waals surface area contributed by atoms with E-state index in [9.17, 15) is 4.79 Å². The molecule has 4 aromatic rings. The third kappa shape index (κ3) is 3.70. The Kier molecular flexibility index (Phi) is 5.31. The zero-order chi connectivity index (χ0) is 22.1. The SMILES string of the molecule is Cc1nn2c(C(N)=O)cccc2c1-c1nc2c(c(NCc3ccccc3)n1)CCCCC2. The van der Waals surface area contributed by atoms with Crippen LogP contribution in [0.5, 0.6) is 0 Å². The molecule has 3 N–H and O–H groups in total. The van der Waals surface area contributed by atoms with Crippen molar-refractivity contribution in [1.29, 1.82) is 0 Å². The van der Waals surface area contributed by atoms with Crippen LogP contribution in [-0.4, -0.2) is 25.5 Å². The highest BCUT2D eigenvalue weighted by atomic mass is 16.1. The monoisotopic (exact) mass is 426 g/mol. The Labute approximate surface area is 186 Å². The van der Waals surface area contributed by atoms with Crippen LogP contribution in [0.1, 0.15) is 52.3 Å². The minimum absolute atomic E-state index is 0.342. The lowest BCUT2D eigenvalue weighted by atomic mass is 10.1. The Morgan fingerprint density at radius 1 is 1.03 bits per heavy atom. The van der Waals surface area contributed by atoms with Gasteiger partial charge in [0.15, 0.2) is 5.82 Å². The van der Waals surface area contributed by atoms with Gasteiger partial charge in [0.05, 0.1) is 16.8 Å². The summed E-state index contributed by atoms with van der Waals surface area (Å²) < 4.78 is 1.60. The van der Waals surface area contributed by atoms with Crippen molar-refractivity contribution in [2.45, 2.75) is 45.6 Å². The van der Waals surface area contributed by atoms with Crippen molar-refractivity contribution in [2.24, 2.45) is 5.73 Å². The predicted molar refractivity (Wildman–Crippen MR) is 125 cm³/mol. The van der Waals surface area contributed by atoms with Crippen LogP contribution < -0.4 is 11.1 Å². The fourth-order valence-electron chi connectivity index (χ4n) is 4.46. The summed E-state index contributed by atoms with van der Waals surface area (Å²) in [7, 11) is 0. The fraction of sp³-hybridized carbons (Fsp3) is 0.280. The normalized spacial score (nSPS) is 13.5. The molecule has 0 aliphatic heterocycles. The zero-order valence-corrected chi connectivity index (χ0v) is 18.1. The van der Waals surface area contributed by atoms with Crippen LogP contribution >= 0.6 is 0 Å². The van der Waals surface area contributed by atoms with Crippen LogP contribution in [0.2, 0.25) is 0 Å². The van der Waals surface area contributed by atoms with E-state index in [1.165, 1.54) is 17.5 Å². The lowest BCUT2D eigenvalue weighted by molar-refractivity contribution is 0.0993. The van der Waals surface area contributed by atoms with E-state index in [0.29, 0.717) is 18.1 Å². The van der Waals surface area contributed by atoms with Gasteiger partial charge in [0, 0.05) is 17.8 Å². The van der Waals surface area contributed by atoms with Crippen LogP contribution in [0, 0.1) is 6.92 Å². The summed E-state index contributed by atoms with van der Waals surface area (Å²) in [5.41, 5.74) is 11.8. The Morgan fingerprint density at radius 2 is 1.84 bits per heavy atom. The maximum absolute atomic E-state index is 11.9. The Morgan fingerprint density at radius 3 is 2.66 bits per heavy atom. The third-order valence-corrected chi connectivity index (χ3v) is 6.04. The van der Waals surface area contributed by atoms with Crippen molar-refractivity contribution in [3.8, 4) is 11.4 Å². The Balaban J connectivity index is 1.63. The molecule has 32 heavy (non-hydrogen) atoms. The number of amides is 1. The summed E-state index contributed by atoms with van der Waals surface area (Å²) >= 11 is 0. The minimum Gasteiger partial charge on any atom is -0.366 e. The second-order valence-corrected chi connectivity index (χ2v) is 8.25. The molecule has 0 saturated heterocycles. The number of benzene rings is 1. The van der Waals surface area contributed by atoms with Gasteiger partial charge in [-0.05, 0) is 50.3 Å². The number of anilines is 1. The van der Waals surface area contributed by atoms with Crippen molar-refractivity contribution in [2.75, 3.05) is 5.32 Å². The fourth-order valence-corrected chi connectivity index (χ4v) is 4.46. The molecule has 0 spiro atoms. The van der Waals surface area contributed by atoms with E-state index < -0.39 is 5.91 Å². The van der Waals surface area contributed by atoms with E-state index >= 15 is 0 Å². The number of carbonyl (C=O) groups excluding carboxylic acids is 1. The highest BCUT2D eigenvalue weighted by molar-refractivity contribution is 5.93. The molecule has 3 heterocycles. The molecule has 0 radical (unpaired) electrons. The van der Waals surface area contributed by atoms with Gasteiger partial charge < -0.3 is 11.1 Å². The van der Waals surface area contributed by atoms with Gasteiger partial charge in [-0.3, -0.25) is 4.79 Å². The molecule has 0 fully saturated rings. The molecule has 162 valence electrons. The highest BCUT2D eigenvalue weighted by Crippen LogP contribution is 2.32. The van der Waals surface area contributed by atoms with Gasteiger partial charge in [-0.25, -0.2) is 14.5 Å². The zero-order valence-electron chi connectivity index (χ0n) is 18.1. The number of fused-ring (bicyclic) bond motifs is 2. The van der Waals surface area contributed by atoms with Crippen molar-refractivity contribution >= 4 is 17.2 Å². The number of hydrogen-bond donors (Lipinski definition) is 2. The van der Waals surface area contributed by atoms with Crippen LogP contribution in [0.25, 0.3) is 16.9 Å². The summed E-state index contributed by atoms with van der Waals surface area (Å²) in [6, 6.07) is 15.7.